The van der Waals surface area contributed by atoms with Crippen molar-refractivity contribution in [3.8, 4) is 0 Å². The molecule has 20 heavy (non-hydrogen) atoms. The molecule has 0 saturated heterocycles. The van der Waals surface area contributed by atoms with Gasteiger partial charge < -0.3 is 15.8 Å². The van der Waals surface area contributed by atoms with Gasteiger partial charge in [0.2, 0.25) is 0 Å². The van der Waals surface area contributed by atoms with Gasteiger partial charge in [-0.25, -0.2) is 0 Å². The Labute approximate surface area is 115 Å². The molecule has 0 unspecified atom stereocenters. The molecule has 2 aromatic rings. The minimum absolute atomic E-state index is 0.0917. The molecule has 1 amide bonds. The average Bonchev–Trinajstić information content (AvgIpc) is 2.50. The van der Waals surface area contributed by atoms with Crippen LogP contribution in [0.3, 0.4) is 0 Å². The van der Waals surface area contributed by atoms with Crippen LogP contribution in [-0.2, 0) is 0 Å². The number of amidine groups is 1. The van der Waals surface area contributed by atoms with E-state index >= 15 is 0 Å². The predicted octanol–water partition coefficient (Wildman–Crippen LogP) is 0.838. The Morgan fingerprint density at radius 1 is 1.35 bits per heavy atom. The van der Waals surface area contributed by atoms with Crippen LogP contribution in [0.1, 0.15) is 16.8 Å². The molecule has 2 rings (SSSR count). The molecule has 0 spiro atoms. The number of oxime groups is 1. The molecule has 0 aliphatic carbocycles. The standard InChI is InChI=1S/C13H15N5O2/c1-18(7-4-12(14)17-20)13(19)9-2-3-10-11(8-9)16-6-5-15-10/h2-3,5-6,8,20H,4,7H2,1H3,(H2,14,17). The average molecular weight is 273 g/mol. The summed E-state index contributed by atoms with van der Waals surface area (Å²) in [6, 6.07) is 5.16. The molecule has 0 saturated carbocycles. The van der Waals surface area contributed by atoms with Crippen molar-refractivity contribution in [2.24, 2.45) is 10.9 Å². The van der Waals surface area contributed by atoms with Crippen molar-refractivity contribution in [2.75, 3.05) is 13.6 Å². The van der Waals surface area contributed by atoms with Gasteiger partial charge in [-0.2, -0.15) is 0 Å². The number of hydrogen-bond acceptors (Lipinski definition) is 5. The lowest BCUT2D eigenvalue weighted by atomic mass is 10.1. The van der Waals surface area contributed by atoms with Crippen molar-refractivity contribution in [1.29, 1.82) is 0 Å². The molecule has 7 nitrogen and oxygen atoms in total. The number of aromatic nitrogens is 2. The number of hydrogen-bond donors (Lipinski definition) is 2. The monoisotopic (exact) mass is 273 g/mol. The van der Waals surface area contributed by atoms with Crippen molar-refractivity contribution < 1.29 is 10.0 Å². The summed E-state index contributed by atoms with van der Waals surface area (Å²) in [7, 11) is 1.66. The molecule has 3 N–H and O–H groups in total. The molecule has 1 aromatic carbocycles. The Morgan fingerprint density at radius 3 is 2.75 bits per heavy atom. The lowest BCUT2D eigenvalue weighted by Crippen LogP contribution is -2.30. The summed E-state index contributed by atoms with van der Waals surface area (Å²) in [6.45, 7) is 0.368. The maximum absolute atomic E-state index is 12.2. The van der Waals surface area contributed by atoms with Gasteiger partial charge in [-0.05, 0) is 18.2 Å². The second-order valence-electron chi connectivity index (χ2n) is 4.33. The summed E-state index contributed by atoms with van der Waals surface area (Å²) in [4.78, 5) is 22.0. The summed E-state index contributed by atoms with van der Waals surface area (Å²) in [5, 5.41) is 11.3. The van der Waals surface area contributed by atoms with Crippen LogP contribution in [0.5, 0.6) is 0 Å². The van der Waals surface area contributed by atoms with Gasteiger partial charge in [0.1, 0.15) is 5.84 Å². The number of amides is 1. The molecule has 0 radical (unpaired) electrons. The van der Waals surface area contributed by atoms with Crippen molar-refractivity contribution in [1.82, 2.24) is 14.9 Å². The first-order valence-corrected chi connectivity index (χ1v) is 6.04. The highest BCUT2D eigenvalue weighted by Gasteiger charge is 2.12. The largest absolute Gasteiger partial charge is 0.409 e. The van der Waals surface area contributed by atoms with Gasteiger partial charge in [0.25, 0.3) is 5.91 Å². The predicted molar refractivity (Wildman–Crippen MR) is 74.5 cm³/mol. The van der Waals surface area contributed by atoms with Gasteiger partial charge in [0.05, 0.1) is 11.0 Å². The van der Waals surface area contributed by atoms with Crippen LogP contribution in [0.4, 0.5) is 0 Å². The lowest BCUT2D eigenvalue weighted by Gasteiger charge is -2.16. The summed E-state index contributed by atoms with van der Waals surface area (Å²) in [5.74, 6) is -0.0580. The van der Waals surface area contributed by atoms with E-state index in [2.05, 4.69) is 15.1 Å². The van der Waals surface area contributed by atoms with E-state index in [1.54, 1.807) is 37.6 Å². The normalized spacial score (nSPS) is 11.6. The van der Waals surface area contributed by atoms with Gasteiger partial charge in [-0.15, -0.1) is 0 Å². The summed E-state index contributed by atoms with van der Waals surface area (Å²) in [6.07, 6.45) is 3.50. The molecule has 104 valence electrons. The third-order valence-electron chi connectivity index (χ3n) is 2.89. The molecule has 0 fully saturated rings. The van der Waals surface area contributed by atoms with E-state index in [0.29, 0.717) is 24.0 Å². The van der Waals surface area contributed by atoms with E-state index in [0.717, 1.165) is 5.52 Å². The van der Waals surface area contributed by atoms with Crippen molar-refractivity contribution >= 4 is 22.8 Å². The van der Waals surface area contributed by atoms with Crippen molar-refractivity contribution in [3.05, 3.63) is 36.2 Å². The topological polar surface area (TPSA) is 105 Å². The number of nitrogens with zero attached hydrogens (tertiary/aromatic N) is 4. The van der Waals surface area contributed by atoms with Crippen LogP contribution in [0.25, 0.3) is 11.0 Å². The third kappa shape index (κ3) is 3.00. The molecule has 7 heteroatoms. The van der Waals surface area contributed by atoms with Gasteiger partial charge in [-0.1, -0.05) is 5.16 Å². The zero-order valence-electron chi connectivity index (χ0n) is 11.0. The number of carbonyl (C=O) groups excluding carboxylic acids is 1. The van der Waals surface area contributed by atoms with Gasteiger partial charge in [0, 0.05) is 38.0 Å². The fourth-order valence-corrected chi connectivity index (χ4v) is 1.75. The van der Waals surface area contributed by atoms with Gasteiger partial charge >= 0.3 is 0 Å². The fourth-order valence-electron chi connectivity index (χ4n) is 1.75. The second kappa shape index (κ2) is 5.96. The molecule has 1 heterocycles. The smallest absolute Gasteiger partial charge is 0.253 e. The molecular weight excluding hydrogens is 258 g/mol. The highest BCUT2D eigenvalue weighted by molar-refractivity contribution is 5.97. The Hall–Kier alpha value is -2.70. The number of benzene rings is 1. The van der Waals surface area contributed by atoms with E-state index < -0.39 is 0 Å². The van der Waals surface area contributed by atoms with Crippen LogP contribution in [0.15, 0.2) is 35.7 Å². The lowest BCUT2D eigenvalue weighted by molar-refractivity contribution is 0.0798. The van der Waals surface area contributed by atoms with Crippen LogP contribution in [0, 0.1) is 0 Å². The Bertz CT molecular complexity index is 656. The Kier molecular flexibility index (Phi) is 4.09. The summed E-state index contributed by atoms with van der Waals surface area (Å²) < 4.78 is 0. The quantitative estimate of drug-likeness (QED) is 0.371. The van der Waals surface area contributed by atoms with Gasteiger partial charge in [0.15, 0.2) is 0 Å². The third-order valence-corrected chi connectivity index (χ3v) is 2.89. The molecule has 0 aliphatic rings. The highest BCUT2D eigenvalue weighted by Crippen LogP contribution is 2.12. The van der Waals surface area contributed by atoms with Crippen molar-refractivity contribution in [3.63, 3.8) is 0 Å². The fraction of sp³-hybridized carbons (Fsp3) is 0.231. The molecule has 0 bridgehead atoms. The second-order valence-corrected chi connectivity index (χ2v) is 4.33. The van der Waals surface area contributed by atoms with E-state index in [9.17, 15) is 4.79 Å². The highest BCUT2D eigenvalue weighted by atomic mass is 16.4. The Morgan fingerprint density at radius 2 is 2.05 bits per heavy atom. The van der Waals surface area contributed by atoms with Crippen LogP contribution >= 0.6 is 0 Å². The zero-order chi connectivity index (χ0) is 14.5. The number of rotatable bonds is 4. The molecule has 1 aromatic heterocycles. The van der Waals surface area contributed by atoms with E-state index in [1.165, 1.54) is 4.90 Å². The Balaban J connectivity index is 2.14. The minimum Gasteiger partial charge on any atom is -0.409 e. The van der Waals surface area contributed by atoms with Gasteiger partial charge in [-0.3, -0.25) is 14.8 Å². The number of carbonyl (C=O) groups is 1. The van der Waals surface area contributed by atoms with E-state index in [-0.39, 0.29) is 11.7 Å². The molecule has 0 atom stereocenters. The van der Waals surface area contributed by atoms with Crippen LogP contribution in [0.2, 0.25) is 0 Å². The van der Waals surface area contributed by atoms with Crippen molar-refractivity contribution in [2.45, 2.75) is 6.42 Å². The SMILES string of the molecule is CN(CCC(N)=NO)C(=O)c1ccc2nccnc2c1. The number of fused-ring (bicyclic) bond motifs is 1. The van der Waals surface area contributed by atoms with E-state index in [4.69, 9.17) is 10.9 Å². The maximum Gasteiger partial charge on any atom is 0.253 e. The first kappa shape index (κ1) is 13.7. The number of nitrogens with two attached hydrogens (primary N) is 1. The molecule has 0 aliphatic heterocycles. The minimum atomic E-state index is -0.150. The first-order valence-electron chi connectivity index (χ1n) is 6.04. The summed E-state index contributed by atoms with van der Waals surface area (Å²) in [5.41, 5.74) is 7.31. The molecular formula is C13H15N5O2. The first-order chi connectivity index (χ1) is 9.61. The summed E-state index contributed by atoms with van der Waals surface area (Å²) >= 11 is 0. The van der Waals surface area contributed by atoms with E-state index in [1.807, 2.05) is 0 Å². The zero-order valence-corrected chi connectivity index (χ0v) is 11.0. The maximum atomic E-state index is 12.2. The van der Waals surface area contributed by atoms with Crippen LogP contribution < -0.4 is 5.73 Å². The van der Waals surface area contributed by atoms with Crippen LogP contribution in [-0.4, -0.2) is 45.4 Å².